The Morgan fingerprint density at radius 2 is 1.96 bits per heavy atom. The molecule has 0 bridgehead atoms. The molecule has 0 aliphatic rings. The minimum atomic E-state index is -0.467. The van der Waals surface area contributed by atoms with Gasteiger partial charge in [0.1, 0.15) is 5.82 Å². The molecule has 0 atom stereocenters. The van der Waals surface area contributed by atoms with Crippen LogP contribution in [0.15, 0.2) is 47.8 Å². The lowest BCUT2D eigenvalue weighted by Crippen LogP contribution is -2.25. The van der Waals surface area contributed by atoms with Gasteiger partial charge in [0.2, 0.25) is 0 Å². The summed E-state index contributed by atoms with van der Waals surface area (Å²) in [5, 5.41) is 8.18. The molecule has 4 nitrogen and oxygen atoms in total. The van der Waals surface area contributed by atoms with Crippen LogP contribution in [0.3, 0.4) is 0 Å². The molecule has 26 heavy (non-hydrogen) atoms. The molecule has 3 aromatic rings. The first-order chi connectivity index (χ1) is 12.5. The number of hydrogen-bond donors (Lipinski definition) is 2. The average molecular weight is 388 g/mol. The minimum Gasteiger partial charge on any atom is -0.351 e. The Morgan fingerprint density at radius 3 is 2.69 bits per heavy atom. The number of aryl methyl sites for hydroxylation is 1. The first kappa shape index (κ1) is 18.3. The molecule has 0 spiro atoms. The highest BCUT2D eigenvalue weighted by atomic mass is 32.1. The zero-order valence-corrected chi connectivity index (χ0v) is 15.7. The van der Waals surface area contributed by atoms with Crippen LogP contribution in [0.5, 0.6) is 0 Å². The largest absolute Gasteiger partial charge is 0.351 e. The third-order valence-electron chi connectivity index (χ3n) is 3.68. The Labute approximate surface area is 158 Å². The normalized spacial score (nSPS) is 10.5. The first-order valence-electron chi connectivity index (χ1n) is 8.01. The second kappa shape index (κ2) is 8.25. The van der Waals surface area contributed by atoms with Crippen molar-refractivity contribution in [3.8, 4) is 0 Å². The summed E-state index contributed by atoms with van der Waals surface area (Å²) >= 11 is 2.87. The van der Waals surface area contributed by atoms with E-state index >= 15 is 0 Å². The van der Waals surface area contributed by atoms with Gasteiger partial charge in [-0.05, 0) is 54.6 Å². The van der Waals surface area contributed by atoms with Crippen LogP contribution in [-0.2, 0) is 6.42 Å². The van der Waals surface area contributed by atoms with Crippen molar-refractivity contribution in [2.75, 3.05) is 11.9 Å². The molecular weight excluding hydrogens is 371 g/mol. The second-order valence-corrected chi connectivity index (χ2v) is 7.76. The lowest BCUT2D eigenvalue weighted by molar-refractivity contribution is 0.0956. The number of carbonyl (C=O) groups excluding carboxylic acids is 2. The van der Waals surface area contributed by atoms with Gasteiger partial charge in [-0.3, -0.25) is 9.59 Å². The van der Waals surface area contributed by atoms with Crippen LogP contribution in [0.4, 0.5) is 9.39 Å². The summed E-state index contributed by atoms with van der Waals surface area (Å²) in [6, 6.07) is 11.2. The van der Waals surface area contributed by atoms with E-state index in [0.29, 0.717) is 16.4 Å². The van der Waals surface area contributed by atoms with Crippen LogP contribution >= 0.6 is 22.7 Å². The summed E-state index contributed by atoms with van der Waals surface area (Å²) in [5.41, 5.74) is 1.02. The number of nitrogens with one attached hydrogen (secondary N) is 2. The zero-order chi connectivity index (χ0) is 18.5. The topological polar surface area (TPSA) is 58.2 Å². The maximum atomic E-state index is 13.2. The maximum absolute atomic E-state index is 13.2. The van der Waals surface area contributed by atoms with Gasteiger partial charge in [0.25, 0.3) is 11.8 Å². The van der Waals surface area contributed by atoms with E-state index in [1.165, 1.54) is 40.5 Å². The molecule has 3 rings (SSSR count). The molecule has 0 unspecified atom stereocenters. The van der Waals surface area contributed by atoms with E-state index in [1.807, 2.05) is 24.4 Å². The molecule has 1 aromatic carbocycles. The summed E-state index contributed by atoms with van der Waals surface area (Å²) in [4.78, 5) is 26.3. The van der Waals surface area contributed by atoms with Crippen molar-refractivity contribution in [2.45, 2.75) is 13.3 Å². The van der Waals surface area contributed by atoms with E-state index in [0.717, 1.165) is 12.0 Å². The average Bonchev–Trinajstić information content (AvgIpc) is 3.24. The van der Waals surface area contributed by atoms with Crippen molar-refractivity contribution in [2.24, 2.45) is 0 Å². The Hall–Kier alpha value is -2.51. The number of carbonyl (C=O) groups is 2. The van der Waals surface area contributed by atoms with Crippen molar-refractivity contribution < 1.29 is 14.0 Å². The van der Waals surface area contributed by atoms with E-state index in [4.69, 9.17) is 0 Å². The fourth-order valence-electron chi connectivity index (χ4n) is 2.42. The predicted molar refractivity (Wildman–Crippen MR) is 104 cm³/mol. The zero-order valence-electron chi connectivity index (χ0n) is 14.0. The maximum Gasteiger partial charge on any atom is 0.261 e. The molecule has 0 aliphatic heterocycles. The summed E-state index contributed by atoms with van der Waals surface area (Å²) in [6.07, 6.45) is 0.789. The van der Waals surface area contributed by atoms with Crippen molar-refractivity contribution in [1.82, 2.24) is 5.32 Å². The van der Waals surface area contributed by atoms with Gasteiger partial charge >= 0.3 is 0 Å². The van der Waals surface area contributed by atoms with Crippen LogP contribution in [0.1, 0.15) is 30.5 Å². The van der Waals surface area contributed by atoms with Gasteiger partial charge < -0.3 is 10.6 Å². The summed E-state index contributed by atoms with van der Waals surface area (Å²) in [6.45, 7) is 2.38. The number of amides is 2. The molecule has 7 heteroatoms. The first-order valence-corrected chi connectivity index (χ1v) is 9.70. The quantitative estimate of drug-likeness (QED) is 0.654. The molecular formula is C19H17FN2O2S2. The molecule has 2 amide bonds. The third-order valence-corrected chi connectivity index (χ3v) is 5.77. The fraction of sp³-hybridized carbons (Fsp3) is 0.158. The Morgan fingerprint density at radius 1 is 1.12 bits per heavy atom. The van der Waals surface area contributed by atoms with Gasteiger partial charge in [0.15, 0.2) is 0 Å². The Bertz CT molecular complexity index is 920. The van der Waals surface area contributed by atoms with Gasteiger partial charge in [-0.15, -0.1) is 22.7 Å². The van der Waals surface area contributed by atoms with Crippen LogP contribution in [0.2, 0.25) is 0 Å². The second-order valence-electron chi connectivity index (χ2n) is 5.67. The highest BCUT2D eigenvalue weighted by Gasteiger charge is 2.15. The van der Waals surface area contributed by atoms with Crippen LogP contribution < -0.4 is 10.6 Å². The predicted octanol–water partition coefficient (Wildman–Crippen LogP) is 4.48. The molecule has 0 aliphatic carbocycles. The smallest absolute Gasteiger partial charge is 0.261 e. The molecule has 2 N–H and O–H groups in total. The lowest BCUT2D eigenvalue weighted by Gasteiger charge is -2.03. The number of benzene rings is 1. The van der Waals surface area contributed by atoms with Gasteiger partial charge in [0, 0.05) is 17.0 Å². The SMILES string of the molecule is Cc1cc(NC(=O)c2cccc(F)c2)sc1C(=O)NCCc1cccs1. The Balaban J connectivity index is 1.61. The number of anilines is 1. The molecule has 134 valence electrons. The van der Waals surface area contributed by atoms with Crippen LogP contribution in [-0.4, -0.2) is 18.4 Å². The van der Waals surface area contributed by atoms with Crippen molar-refractivity contribution in [1.29, 1.82) is 0 Å². The summed E-state index contributed by atoms with van der Waals surface area (Å²) < 4.78 is 13.2. The van der Waals surface area contributed by atoms with Crippen molar-refractivity contribution in [3.63, 3.8) is 0 Å². The fourth-order valence-corrected chi connectivity index (χ4v) is 4.11. The number of thiophene rings is 2. The monoisotopic (exact) mass is 388 g/mol. The number of rotatable bonds is 6. The number of halogens is 1. The van der Waals surface area contributed by atoms with Gasteiger partial charge in [0.05, 0.1) is 9.88 Å². The molecule has 0 fully saturated rings. The molecule has 0 saturated heterocycles. The molecule has 0 radical (unpaired) electrons. The van der Waals surface area contributed by atoms with Crippen LogP contribution in [0.25, 0.3) is 0 Å². The van der Waals surface area contributed by atoms with Gasteiger partial charge in [-0.2, -0.15) is 0 Å². The third kappa shape index (κ3) is 4.56. The minimum absolute atomic E-state index is 0.157. The molecule has 2 aromatic heterocycles. The highest BCUT2D eigenvalue weighted by molar-refractivity contribution is 7.18. The molecule has 2 heterocycles. The summed E-state index contributed by atoms with van der Waals surface area (Å²) in [5.74, 6) is -1.03. The van der Waals surface area contributed by atoms with Crippen molar-refractivity contribution in [3.05, 3.63) is 74.5 Å². The van der Waals surface area contributed by atoms with Crippen molar-refractivity contribution >= 4 is 39.5 Å². The summed E-state index contributed by atoms with van der Waals surface area (Å²) in [7, 11) is 0. The van der Waals surface area contributed by atoms with Gasteiger partial charge in [-0.1, -0.05) is 12.1 Å². The highest BCUT2D eigenvalue weighted by Crippen LogP contribution is 2.27. The van der Waals surface area contributed by atoms with E-state index in [1.54, 1.807) is 17.4 Å². The Kier molecular flexibility index (Phi) is 5.80. The molecule has 0 saturated carbocycles. The van der Waals surface area contributed by atoms with E-state index < -0.39 is 11.7 Å². The van der Waals surface area contributed by atoms with E-state index in [-0.39, 0.29) is 11.5 Å². The lowest BCUT2D eigenvalue weighted by atomic mass is 10.2. The van der Waals surface area contributed by atoms with E-state index in [9.17, 15) is 14.0 Å². The van der Waals surface area contributed by atoms with Gasteiger partial charge in [-0.25, -0.2) is 4.39 Å². The van der Waals surface area contributed by atoms with E-state index in [2.05, 4.69) is 10.6 Å². The van der Waals surface area contributed by atoms with Crippen LogP contribution in [0, 0.1) is 12.7 Å². The number of hydrogen-bond acceptors (Lipinski definition) is 4. The standard InChI is InChI=1S/C19H17FN2O2S2/c1-12-10-16(22-18(23)13-4-2-5-14(20)11-13)26-17(12)19(24)21-8-7-15-6-3-9-25-15/h2-6,9-11H,7-8H2,1H3,(H,21,24)(H,22,23).